The van der Waals surface area contributed by atoms with E-state index in [0.717, 1.165) is 25.4 Å². The standard InChI is InChI=1S/C29H49N7O3/c1-6-35(22-12-21(13-22)10-9-19(4)34-23-11-17(2)7-8-18(23)3)14-24-20(5)26(37)29(39-24)36(38)16-33-25-27(30)31-15-32-28(25)36/h7-8,11,19-22,24,26,28-29,31-34,37H,6,9-10,12-16,30H2,1-5H3/t19?,20-,21?,22?,24-,26-,28?,29-,36?/m1/s1. The number of aryl methyl sites for hydroxylation is 2. The van der Waals surface area contributed by atoms with Gasteiger partial charge in [0, 0.05) is 30.2 Å². The Hall–Kier alpha value is -2.08. The lowest BCUT2D eigenvalue weighted by Gasteiger charge is -2.48. The molecule has 3 heterocycles. The first-order valence-corrected chi connectivity index (χ1v) is 14.8. The highest BCUT2D eigenvalue weighted by Crippen LogP contribution is 2.40. The molecule has 39 heavy (non-hydrogen) atoms. The highest BCUT2D eigenvalue weighted by molar-refractivity contribution is 5.53. The molecule has 1 aromatic rings. The van der Waals surface area contributed by atoms with E-state index in [1.54, 1.807) is 0 Å². The predicted octanol–water partition coefficient (Wildman–Crippen LogP) is 2.19. The van der Waals surface area contributed by atoms with Crippen LogP contribution in [-0.2, 0) is 4.74 Å². The van der Waals surface area contributed by atoms with Gasteiger partial charge in [-0.25, -0.2) is 5.32 Å². The van der Waals surface area contributed by atoms with Gasteiger partial charge in [0.15, 0.2) is 12.8 Å². The maximum Gasteiger partial charge on any atom is 0.223 e. The smallest absolute Gasteiger partial charge is 0.223 e. The number of hydrogen-bond donors (Lipinski definition) is 6. The van der Waals surface area contributed by atoms with Gasteiger partial charge in [0.2, 0.25) is 6.23 Å². The fraction of sp³-hybridized carbons (Fsp3) is 0.724. The quantitative estimate of drug-likeness (QED) is 0.194. The molecule has 7 atom stereocenters. The number of quaternary nitrogens is 1. The number of anilines is 1. The maximum absolute atomic E-state index is 14.0. The van der Waals surface area contributed by atoms with E-state index in [4.69, 9.17) is 10.5 Å². The summed E-state index contributed by atoms with van der Waals surface area (Å²) in [5.41, 5.74) is 10.6. The number of nitrogens with two attached hydrogens (primary N) is 1. The van der Waals surface area contributed by atoms with E-state index in [-0.39, 0.29) is 18.7 Å². The van der Waals surface area contributed by atoms with Gasteiger partial charge in [-0.1, -0.05) is 26.0 Å². The van der Waals surface area contributed by atoms with Crippen LogP contribution in [0.4, 0.5) is 5.69 Å². The highest BCUT2D eigenvalue weighted by Gasteiger charge is 2.56. The molecule has 218 valence electrons. The molecule has 2 saturated heterocycles. The Morgan fingerprint density at radius 3 is 2.79 bits per heavy atom. The van der Waals surface area contributed by atoms with Gasteiger partial charge in [-0.2, -0.15) is 0 Å². The summed E-state index contributed by atoms with van der Waals surface area (Å²) in [4.78, 5) is 2.49. The number of aliphatic hydroxyl groups is 1. The molecular weight excluding hydrogens is 494 g/mol. The second kappa shape index (κ2) is 11.4. The van der Waals surface area contributed by atoms with Gasteiger partial charge >= 0.3 is 0 Å². The van der Waals surface area contributed by atoms with Crippen LogP contribution < -0.4 is 27.0 Å². The number of likely N-dealkylation sites (N-methyl/N-ethyl adjacent to an activating group) is 1. The summed E-state index contributed by atoms with van der Waals surface area (Å²) in [5.74, 6) is 1.12. The predicted molar refractivity (Wildman–Crippen MR) is 154 cm³/mol. The lowest BCUT2D eigenvalue weighted by molar-refractivity contribution is -0.942. The van der Waals surface area contributed by atoms with E-state index in [1.165, 1.54) is 36.1 Å². The number of nitrogens with zero attached hydrogens (tertiary/aromatic N) is 2. The molecule has 0 amide bonds. The molecule has 1 saturated carbocycles. The molecule has 4 aliphatic rings. The molecule has 3 unspecified atom stereocenters. The van der Waals surface area contributed by atoms with Crippen molar-refractivity contribution in [2.75, 3.05) is 31.7 Å². The summed E-state index contributed by atoms with van der Waals surface area (Å²) in [7, 11) is 0. The number of hydroxylamine groups is 3. The number of ether oxygens (including phenoxy) is 1. The number of hydrogen-bond acceptors (Lipinski definition) is 9. The molecule has 1 aromatic carbocycles. The molecule has 3 aliphatic heterocycles. The zero-order chi connectivity index (χ0) is 27.9. The molecule has 0 bridgehead atoms. The third kappa shape index (κ3) is 5.60. The van der Waals surface area contributed by atoms with Crippen molar-refractivity contribution >= 4 is 5.69 Å². The Bertz CT molecular complexity index is 1050. The number of fused-ring (bicyclic) bond motifs is 1. The fourth-order valence-electron chi connectivity index (χ4n) is 6.84. The molecule has 10 heteroatoms. The van der Waals surface area contributed by atoms with Crippen molar-refractivity contribution in [3.8, 4) is 0 Å². The van der Waals surface area contributed by atoms with E-state index in [1.807, 2.05) is 6.92 Å². The molecule has 0 radical (unpaired) electrons. The largest absolute Gasteiger partial charge is 0.628 e. The first kappa shape index (κ1) is 28.4. The zero-order valence-electron chi connectivity index (χ0n) is 24.2. The van der Waals surface area contributed by atoms with Crippen LogP contribution in [0.5, 0.6) is 0 Å². The van der Waals surface area contributed by atoms with Crippen LogP contribution in [0, 0.1) is 30.9 Å². The van der Waals surface area contributed by atoms with Gasteiger partial charge in [-0.3, -0.25) is 9.55 Å². The SMILES string of the molecule is CCN(C[C@H]1O[C@@H]([N+]2([O-])CNC3=C(N)NCNC32)[C@H](O)[C@@H]1C)C1CC(CCC(C)Nc2cc(C)ccc2C)C1. The lowest BCUT2D eigenvalue weighted by Crippen LogP contribution is -2.65. The minimum atomic E-state index is -0.850. The topological polar surface area (TPSA) is 130 Å². The maximum atomic E-state index is 14.0. The van der Waals surface area contributed by atoms with Crippen molar-refractivity contribution in [2.24, 2.45) is 17.6 Å². The van der Waals surface area contributed by atoms with E-state index in [0.29, 0.717) is 30.3 Å². The number of rotatable bonds is 10. The van der Waals surface area contributed by atoms with Crippen LogP contribution in [0.1, 0.15) is 57.6 Å². The Kier molecular flexibility index (Phi) is 8.33. The monoisotopic (exact) mass is 543 g/mol. The van der Waals surface area contributed by atoms with E-state index in [9.17, 15) is 10.3 Å². The van der Waals surface area contributed by atoms with Crippen LogP contribution in [-0.4, -0.2) is 77.8 Å². The van der Waals surface area contributed by atoms with Gasteiger partial charge in [-0.15, -0.1) is 0 Å². The van der Waals surface area contributed by atoms with Crippen LogP contribution in [0.2, 0.25) is 0 Å². The van der Waals surface area contributed by atoms with E-state index < -0.39 is 23.1 Å². The minimum absolute atomic E-state index is 0.118. The van der Waals surface area contributed by atoms with Crippen LogP contribution in [0.25, 0.3) is 0 Å². The summed E-state index contributed by atoms with van der Waals surface area (Å²) in [6.07, 6.45) is 2.39. The van der Waals surface area contributed by atoms with Gasteiger partial charge in [0.25, 0.3) is 0 Å². The molecule has 7 N–H and O–H groups in total. The lowest BCUT2D eigenvalue weighted by atomic mass is 9.76. The third-order valence-corrected chi connectivity index (χ3v) is 9.60. The zero-order valence-corrected chi connectivity index (χ0v) is 24.2. The Labute approximate surface area is 233 Å². The number of aliphatic hydroxyl groups excluding tert-OH is 1. The summed E-state index contributed by atoms with van der Waals surface area (Å²) < 4.78 is 5.68. The average Bonchev–Trinajstić information content (AvgIpc) is 3.37. The summed E-state index contributed by atoms with van der Waals surface area (Å²) in [6.45, 7) is 13.0. The van der Waals surface area contributed by atoms with E-state index >= 15 is 0 Å². The van der Waals surface area contributed by atoms with Crippen molar-refractivity contribution in [2.45, 2.75) is 97.0 Å². The Balaban J connectivity index is 1.11. The molecule has 10 nitrogen and oxygen atoms in total. The average molecular weight is 544 g/mol. The minimum Gasteiger partial charge on any atom is -0.628 e. The second-order valence-electron chi connectivity index (χ2n) is 12.4. The Morgan fingerprint density at radius 1 is 1.28 bits per heavy atom. The van der Waals surface area contributed by atoms with Crippen molar-refractivity contribution in [3.05, 3.63) is 46.1 Å². The van der Waals surface area contributed by atoms with Crippen LogP contribution in [0.15, 0.2) is 29.7 Å². The van der Waals surface area contributed by atoms with Crippen LogP contribution >= 0.6 is 0 Å². The fourth-order valence-corrected chi connectivity index (χ4v) is 6.84. The first-order chi connectivity index (χ1) is 18.6. The first-order valence-electron chi connectivity index (χ1n) is 14.8. The van der Waals surface area contributed by atoms with Crippen molar-refractivity contribution in [3.63, 3.8) is 0 Å². The van der Waals surface area contributed by atoms with Crippen molar-refractivity contribution in [1.29, 1.82) is 0 Å². The second-order valence-corrected chi connectivity index (χ2v) is 12.4. The third-order valence-electron chi connectivity index (χ3n) is 9.60. The van der Waals surface area contributed by atoms with Gasteiger partial charge < -0.3 is 36.7 Å². The van der Waals surface area contributed by atoms with E-state index in [2.05, 4.69) is 72.1 Å². The molecule has 3 fully saturated rings. The van der Waals surface area contributed by atoms with Crippen LogP contribution in [0.3, 0.4) is 0 Å². The Morgan fingerprint density at radius 2 is 2.05 bits per heavy atom. The van der Waals surface area contributed by atoms with Crippen molar-refractivity contribution < 1.29 is 14.5 Å². The number of nitrogens with one attached hydrogen (secondary N) is 4. The van der Waals surface area contributed by atoms with Gasteiger partial charge in [0.1, 0.15) is 17.6 Å². The summed E-state index contributed by atoms with van der Waals surface area (Å²) in [6, 6.07) is 7.57. The molecule has 0 spiro atoms. The van der Waals surface area contributed by atoms with Crippen molar-refractivity contribution in [1.82, 2.24) is 20.9 Å². The highest BCUT2D eigenvalue weighted by atomic mass is 16.6. The summed E-state index contributed by atoms with van der Waals surface area (Å²) >= 11 is 0. The normalized spacial score (nSPS) is 36.8. The van der Waals surface area contributed by atoms with Gasteiger partial charge in [-0.05, 0) is 76.1 Å². The number of benzene rings is 1. The summed E-state index contributed by atoms with van der Waals surface area (Å²) in [5, 5.41) is 38.2. The molecule has 5 rings (SSSR count). The molecule has 1 aliphatic carbocycles. The molecular formula is C29H49N7O3. The van der Waals surface area contributed by atoms with Gasteiger partial charge in [0.05, 0.1) is 12.8 Å². The molecule has 0 aromatic heterocycles.